The maximum Gasteiger partial charge on any atom is 0.523 e. The topological polar surface area (TPSA) is 183 Å². The first-order valence-corrected chi connectivity index (χ1v) is 14.3. The molecule has 3 N–H and O–H groups in total. The molecule has 3 aromatic carbocycles. The van der Waals surface area contributed by atoms with E-state index >= 15 is 0 Å². The Kier molecular flexibility index (Phi) is 9.33. The molecular formula is C29H25F3O12S. The lowest BCUT2D eigenvalue weighted by atomic mass is 9.65. The number of methoxy groups -OCH3 is 1. The summed E-state index contributed by atoms with van der Waals surface area (Å²) in [6.07, 6.45) is -5.74. The summed E-state index contributed by atoms with van der Waals surface area (Å²) in [7, 11) is -6.13. The summed E-state index contributed by atoms with van der Waals surface area (Å²) in [6, 6.07) is 18.9. The molecule has 0 radical (unpaired) electrons. The molecule has 12 nitrogen and oxygen atoms in total. The van der Waals surface area contributed by atoms with Gasteiger partial charge in [-0.05, 0) is 12.1 Å². The molecule has 0 aromatic heterocycles. The Balaban J connectivity index is 1.98. The quantitative estimate of drug-likeness (QED) is 0.0952. The lowest BCUT2D eigenvalue weighted by Crippen LogP contribution is -2.85. The van der Waals surface area contributed by atoms with E-state index in [4.69, 9.17) is 14.2 Å². The molecule has 1 aliphatic rings. The van der Waals surface area contributed by atoms with Crippen LogP contribution in [0, 0.1) is 0 Å². The Morgan fingerprint density at radius 1 is 0.800 bits per heavy atom. The average Bonchev–Trinajstić information content (AvgIpc) is 3.04. The van der Waals surface area contributed by atoms with Crippen molar-refractivity contribution in [1.82, 2.24) is 0 Å². The van der Waals surface area contributed by atoms with Crippen LogP contribution in [-0.4, -0.2) is 89.9 Å². The number of ether oxygens (including phenoxy) is 3. The first-order valence-electron chi connectivity index (χ1n) is 12.8. The third-order valence-corrected chi connectivity index (χ3v) is 8.02. The van der Waals surface area contributed by atoms with Gasteiger partial charge in [0.1, 0.15) is 18.8 Å². The third kappa shape index (κ3) is 5.88. The summed E-state index contributed by atoms with van der Waals surface area (Å²) >= 11 is 0. The van der Waals surface area contributed by atoms with Crippen molar-refractivity contribution in [3.8, 4) is 0 Å². The van der Waals surface area contributed by atoms with Crippen LogP contribution in [0.15, 0.2) is 91.0 Å². The summed E-state index contributed by atoms with van der Waals surface area (Å²) in [5.41, 5.74) is -15.7. The van der Waals surface area contributed by atoms with Crippen molar-refractivity contribution in [3.63, 3.8) is 0 Å². The first-order chi connectivity index (χ1) is 21.0. The Bertz CT molecular complexity index is 1650. The number of rotatable bonds is 10. The number of alkyl halides is 3. The van der Waals surface area contributed by atoms with E-state index in [2.05, 4.69) is 4.18 Å². The smallest absolute Gasteiger partial charge is 0.459 e. The molecular weight excluding hydrogens is 629 g/mol. The van der Waals surface area contributed by atoms with Crippen LogP contribution >= 0.6 is 0 Å². The predicted molar refractivity (Wildman–Crippen MR) is 145 cm³/mol. The van der Waals surface area contributed by atoms with E-state index in [9.17, 15) is 51.3 Å². The summed E-state index contributed by atoms with van der Waals surface area (Å²) in [5, 5.41) is 35.7. The zero-order valence-corrected chi connectivity index (χ0v) is 23.9. The van der Waals surface area contributed by atoms with Gasteiger partial charge in [-0.25, -0.2) is 4.79 Å². The van der Waals surface area contributed by atoms with Crippen molar-refractivity contribution in [2.75, 3.05) is 13.7 Å². The molecule has 240 valence electrons. The molecule has 1 fully saturated rings. The number of halogens is 3. The van der Waals surface area contributed by atoms with E-state index < -0.39 is 80.3 Å². The second kappa shape index (κ2) is 12.4. The van der Waals surface area contributed by atoms with Gasteiger partial charge in [-0.3, -0.25) is 13.8 Å². The van der Waals surface area contributed by atoms with Crippen LogP contribution in [0.3, 0.4) is 0 Å². The highest BCUT2D eigenvalue weighted by atomic mass is 32.2. The highest BCUT2D eigenvalue weighted by Crippen LogP contribution is 2.49. The van der Waals surface area contributed by atoms with Crippen LogP contribution in [0.2, 0.25) is 0 Å². The van der Waals surface area contributed by atoms with Gasteiger partial charge in [0.2, 0.25) is 22.8 Å². The Morgan fingerprint density at radius 2 is 1.24 bits per heavy atom. The molecule has 5 atom stereocenters. The normalized spacial score (nSPS) is 27.0. The van der Waals surface area contributed by atoms with E-state index in [0.717, 1.165) is 24.3 Å². The van der Waals surface area contributed by atoms with Gasteiger partial charge in [-0.15, -0.1) is 0 Å². The van der Waals surface area contributed by atoms with Crippen molar-refractivity contribution in [1.29, 1.82) is 0 Å². The summed E-state index contributed by atoms with van der Waals surface area (Å²) in [6.45, 7) is -1.31. The number of benzene rings is 3. The summed E-state index contributed by atoms with van der Waals surface area (Å²) in [5.74, 6) is -8.51. The van der Waals surface area contributed by atoms with Gasteiger partial charge in [0.05, 0.1) is 5.56 Å². The van der Waals surface area contributed by atoms with Crippen molar-refractivity contribution in [3.05, 3.63) is 108 Å². The van der Waals surface area contributed by atoms with Gasteiger partial charge in [0, 0.05) is 18.2 Å². The highest BCUT2D eigenvalue weighted by Gasteiger charge is 2.80. The molecule has 0 aliphatic carbocycles. The number of ketones is 2. The Morgan fingerprint density at radius 3 is 1.69 bits per heavy atom. The monoisotopic (exact) mass is 654 g/mol. The molecule has 0 unspecified atom stereocenters. The molecule has 1 heterocycles. The molecule has 0 saturated carbocycles. The van der Waals surface area contributed by atoms with Crippen LogP contribution in [0.25, 0.3) is 0 Å². The van der Waals surface area contributed by atoms with Gasteiger partial charge in [0.15, 0.2) is 0 Å². The fourth-order valence-corrected chi connectivity index (χ4v) is 5.39. The minimum absolute atomic E-state index is 0.0953. The fourth-order valence-electron chi connectivity index (χ4n) is 4.74. The number of aliphatic hydroxyl groups is 3. The zero-order valence-electron chi connectivity index (χ0n) is 23.1. The number of carbonyl (C=O) groups excluding carboxylic acids is 3. The number of esters is 1. The molecule has 0 spiro atoms. The maximum atomic E-state index is 14.1. The molecule has 1 aliphatic heterocycles. The minimum atomic E-state index is -6.77. The second-order valence-corrected chi connectivity index (χ2v) is 11.3. The zero-order chi connectivity index (χ0) is 33.3. The Labute approximate surface area is 253 Å². The number of hydrogen-bond donors (Lipinski definition) is 3. The molecule has 0 amide bonds. The van der Waals surface area contributed by atoms with Crippen molar-refractivity contribution in [2.45, 2.75) is 34.9 Å². The van der Waals surface area contributed by atoms with Gasteiger partial charge in [0.25, 0.3) is 0 Å². The standard InChI is InChI=1S/C29H25F3O12S/c1-41-28(38)27(37,23(34)19-13-7-3-8-14-19)26(36,22(33)18-11-5-2-6-12-18)24(44-45(39,40)29(30,31)32)21(43-28)17-42-25(35)20-15-9-4-10-16-20/h2-16,21,24,36-38H,17H2,1H3/t21-,24+,26+,27-,28+/m1/s1. The molecule has 4 rings (SSSR count). The number of Topliss-reactive ketones (excluding diaryl/α,β-unsaturated/α-hetero) is 2. The van der Waals surface area contributed by atoms with E-state index in [1.165, 1.54) is 60.7 Å². The van der Waals surface area contributed by atoms with Crippen LogP contribution in [-0.2, 0) is 28.5 Å². The molecule has 16 heteroatoms. The minimum Gasteiger partial charge on any atom is -0.459 e. The van der Waals surface area contributed by atoms with E-state index in [1.807, 2.05) is 0 Å². The van der Waals surface area contributed by atoms with Crippen molar-refractivity contribution < 1.29 is 69.7 Å². The molecule has 0 bridgehead atoms. The SMILES string of the molecule is CO[C@]1(O)O[C@H](COC(=O)c2ccccc2)[C@H](OS(=O)(=O)C(F)(F)F)[C@@](O)(C(=O)c2ccccc2)[C@]1(O)C(=O)c1ccccc1. The van der Waals surface area contributed by atoms with E-state index in [1.54, 1.807) is 6.07 Å². The Hall–Kier alpha value is -4.03. The van der Waals surface area contributed by atoms with Crippen LogP contribution in [0.4, 0.5) is 13.2 Å². The number of carbonyl (C=O) groups is 3. The van der Waals surface area contributed by atoms with E-state index in [-0.39, 0.29) is 5.56 Å². The highest BCUT2D eigenvalue weighted by molar-refractivity contribution is 7.87. The van der Waals surface area contributed by atoms with Crippen molar-refractivity contribution >= 4 is 27.7 Å². The molecule has 45 heavy (non-hydrogen) atoms. The van der Waals surface area contributed by atoms with Gasteiger partial charge in [-0.1, -0.05) is 78.9 Å². The van der Waals surface area contributed by atoms with E-state index in [0.29, 0.717) is 7.11 Å². The van der Waals surface area contributed by atoms with Crippen molar-refractivity contribution in [2.24, 2.45) is 0 Å². The van der Waals surface area contributed by atoms with Crippen LogP contribution in [0.1, 0.15) is 31.1 Å². The predicted octanol–water partition coefficient (Wildman–Crippen LogP) is 2.00. The molecule has 3 aromatic rings. The van der Waals surface area contributed by atoms with Gasteiger partial charge in [-0.2, -0.15) is 21.6 Å². The summed E-state index contributed by atoms with van der Waals surface area (Å²) < 4.78 is 85.2. The largest absolute Gasteiger partial charge is 0.523 e. The number of hydrogen-bond acceptors (Lipinski definition) is 12. The third-order valence-electron chi connectivity index (χ3n) is 6.99. The summed E-state index contributed by atoms with van der Waals surface area (Å²) in [4.78, 5) is 40.7. The first kappa shape index (κ1) is 33.9. The van der Waals surface area contributed by atoms with Crippen LogP contribution < -0.4 is 0 Å². The molecule has 1 saturated heterocycles. The van der Waals surface area contributed by atoms with Crippen LogP contribution in [0.5, 0.6) is 0 Å². The second-order valence-electron chi connectivity index (χ2n) is 9.69. The fraction of sp³-hybridized carbons (Fsp3) is 0.276. The van der Waals surface area contributed by atoms with Gasteiger partial charge >= 0.3 is 27.6 Å². The lowest BCUT2D eigenvalue weighted by molar-refractivity contribution is -0.468. The maximum absolute atomic E-state index is 14.1. The lowest BCUT2D eigenvalue weighted by Gasteiger charge is -2.56. The average molecular weight is 655 g/mol. The van der Waals surface area contributed by atoms with Gasteiger partial charge < -0.3 is 29.5 Å².